The maximum Gasteiger partial charge on any atom is 0.380 e. The van der Waals surface area contributed by atoms with Crippen molar-refractivity contribution < 1.29 is 23.8 Å². The first-order valence-electron chi connectivity index (χ1n) is 10.8. The van der Waals surface area contributed by atoms with Gasteiger partial charge in [-0.25, -0.2) is 14.8 Å². The van der Waals surface area contributed by atoms with E-state index in [2.05, 4.69) is 21.2 Å². The van der Waals surface area contributed by atoms with Crippen molar-refractivity contribution in [3.05, 3.63) is 48.3 Å². The lowest BCUT2D eigenvalue weighted by Crippen LogP contribution is -2.59. The van der Waals surface area contributed by atoms with E-state index in [1.807, 2.05) is 30.3 Å². The van der Waals surface area contributed by atoms with Crippen LogP contribution in [0.3, 0.4) is 0 Å². The first-order valence-corrected chi connectivity index (χ1v) is 10.8. The van der Waals surface area contributed by atoms with E-state index in [1.165, 1.54) is 13.4 Å². The highest BCUT2D eigenvalue weighted by atomic mass is 16.7. The van der Waals surface area contributed by atoms with Crippen molar-refractivity contribution in [1.29, 1.82) is 0 Å². The average Bonchev–Trinajstić information content (AvgIpc) is 2.85. The number of carbonyl (C=O) groups excluding carboxylic acids is 1. The second-order valence-electron chi connectivity index (χ2n) is 7.91. The first-order chi connectivity index (χ1) is 16.1. The van der Waals surface area contributed by atoms with Gasteiger partial charge in [0.1, 0.15) is 25.2 Å². The van der Waals surface area contributed by atoms with Crippen LogP contribution < -0.4 is 14.9 Å². The lowest BCUT2D eigenvalue weighted by atomic mass is 10.1. The van der Waals surface area contributed by atoms with Crippen LogP contribution >= 0.6 is 0 Å². The van der Waals surface area contributed by atoms with Gasteiger partial charge in [-0.2, -0.15) is 0 Å². The number of benzene rings is 2. The molecule has 0 bridgehead atoms. The van der Waals surface area contributed by atoms with Gasteiger partial charge in [0.25, 0.3) is 0 Å². The van der Waals surface area contributed by atoms with E-state index >= 15 is 0 Å². The van der Waals surface area contributed by atoms with Crippen molar-refractivity contribution in [2.75, 3.05) is 39.2 Å². The number of hydrogen-bond acceptors (Lipinski definition) is 7. The summed E-state index contributed by atoms with van der Waals surface area (Å²) in [6.07, 6.45) is 9.87. The molecule has 0 unspecified atom stereocenters. The molecular formula is C25H27N4O4+. The van der Waals surface area contributed by atoms with Crippen LogP contribution in [0.5, 0.6) is 11.5 Å². The molecule has 8 heteroatoms. The third-order valence-electron chi connectivity index (χ3n) is 5.75. The number of ether oxygens (including phenoxy) is 2. The summed E-state index contributed by atoms with van der Waals surface area (Å²) >= 11 is 0. The number of hydroxylamine groups is 3. The Hall–Kier alpha value is -3.67. The van der Waals surface area contributed by atoms with Crippen LogP contribution in [-0.4, -0.2) is 54.4 Å². The molecule has 0 radical (unpaired) electrons. The molecule has 1 N–H and O–H groups in total. The molecule has 2 heterocycles. The molecule has 0 aliphatic carbocycles. The summed E-state index contributed by atoms with van der Waals surface area (Å²) in [5.41, 5.74) is 2.24. The van der Waals surface area contributed by atoms with Gasteiger partial charge in [0.15, 0.2) is 12.4 Å². The number of hydrogen-bond donors (Lipinski definition) is 1. The summed E-state index contributed by atoms with van der Waals surface area (Å²) in [5.74, 6) is 4.05. The summed E-state index contributed by atoms with van der Waals surface area (Å²) < 4.78 is 10.6. The SMILES string of the molecule is C#Cc1cccc(Nc2ncnc3cc(OC)c(O[N+]4(C(=O)COC)CCCCC4)cc23)c1. The van der Waals surface area contributed by atoms with Gasteiger partial charge in [0.05, 0.1) is 12.6 Å². The van der Waals surface area contributed by atoms with E-state index in [4.69, 9.17) is 20.7 Å². The van der Waals surface area contributed by atoms with Gasteiger partial charge in [-0.15, -0.1) is 6.42 Å². The molecule has 3 aromatic rings. The van der Waals surface area contributed by atoms with Crippen LogP contribution in [0.2, 0.25) is 0 Å². The highest BCUT2D eigenvalue weighted by Crippen LogP contribution is 2.37. The molecule has 1 aliphatic rings. The van der Waals surface area contributed by atoms with Crippen LogP contribution in [-0.2, 0) is 9.53 Å². The number of nitrogens with zero attached hydrogens (tertiary/aromatic N) is 3. The minimum absolute atomic E-state index is 0.0165. The van der Waals surface area contributed by atoms with Gasteiger partial charge in [-0.1, -0.05) is 16.6 Å². The number of amides is 1. The molecular weight excluding hydrogens is 420 g/mol. The van der Waals surface area contributed by atoms with Crippen molar-refractivity contribution in [3.8, 4) is 23.8 Å². The normalized spacial score (nSPS) is 14.9. The van der Waals surface area contributed by atoms with Crippen LogP contribution in [0, 0.1) is 12.3 Å². The number of piperidine rings is 1. The topological polar surface area (TPSA) is 82.6 Å². The number of aromatic nitrogens is 2. The molecule has 0 spiro atoms. The molecule has 0 saturated carbocycles. The highest BCUT2D eigenvalue weighted by molar-refractivity contribution is 5.93. The zero-order valence-electron chi connectivity index (χ0n) is 18.8. The van der Waals surface area contributed by atoms with E-state index in [0.717, 1.165) is 35.9 Å². The van der Waals surface area contributed by atoms with Gasteiger partial charge >= 0.3 is 5.91 Å². The standard InChI is InChI=1S/C25H27N4O4/c1-4-18-9-8-10-19(13-18)28-25-20-14-23(22(32-3)15-21(20)26-17-27-25)33-29(24(30)16-31-2)11-6-5-7-12-29/h1,8-10,13-15,17H,5-7,11-12,16H2,2-3H3,(H,26,27,28)/q+1. The fraction of sp³-hybridized carbons (Fsp3) is 0.320. The van der Waals surface area contributed by atoms with Crippen LogP contribution in [0.4, 0.5) is 11.5 Å². The number of nitrogens with one attached hydrogen (secondary N) is 1. The number of likely N-dealkylation sites (tertiary alicyclic amines) is 1. The Morgan fingerprint density at radius 1 is 1.12 bits per heavy atom. The minimum Gasteiger partial charge on any atom is -0.492 e. The summed E-state index contributed by atoms with van der Waals surface area (Å²) in [7, 11) is 3.08. The van der Waals surface area contributed by atoms with Crippen molar-refractivity contribution >= 4 is 28.3 Å². The predicted octanol–water partition coefficient (Wildman–Crippen LogP) is 3.83. The van der Waals surface area contributed by atoms with E-state index in [1.54, 1.807) is 13.2 Å². The molecule has 2 aromatic carbocycles. The second-order valence-corrected chi connectivity index (χ2v) is 7.91. The molecule has 33 heavy (non-hydrogen) atoms. The molecule has 0 atom stereocenters. The second kappa shape index (κ2) is 9.86. The van der Waals surface area contributed by atoms with Gasteiger partial charge in [0, 0.05) is 48.7 Å². The fourth-order valence-electron chi connectivity index (χ4n) is 4.06. The smallest absolute Gasteiger partial charge is 0.380 e. The van der Waals surface area contributed by atoms with E-state index in [9.17, 15) is 4.79 Å². The number of quaternary nitrogens is 1. The van der Waals surface area contributed by atoms with Gasteiger partial charge in [-0.05, 0) is 24.6 Å². The fourth-order valence-corrected chi connectivity index (χ4v) is 4.06. The first kappa shape index (κ1) is 22.5. The van der Waals surface area contributed by atoms with E-state index < -0.39 is 0 Å². The van der Waals surface area contributed by atoms with Gasteiger partial charge in [0.2, 0.25) is 5.75 Å². The summed E-state index contributed by atoms with van der Waals surface area (Å²) in [6, 6.07) is 11.1. The maximum absolute atomic E-state index is 13.0. The number of terminal acetylenes is 1. The third-order valence-corrected chi connectivity index (χ3v) is 5.75. The number of anilines is 2. The van der Waals surface area contributed by atoms with Crippen LogP contribution in [0.25, 0.3) is 10.9 Å². The number of rotatable bonds is 7. The Bertz CT molecular complexity index is 1200. The predicted molar refractivity (Wildman–Crippen MR) is 125 cm³/mol. The zero-order valence-corrected chi connectivity index (χ0v) is 18.8. The largest absolute Gasteiger partial charge is 0.492 e. The summed E-state index contributed by atoms with van der Waals surface area (Å²) in [5, 5.41) is 4.04. The number of fused-ring (bicyclic) bond motifs is 1. The molecule has 1 saturated heterocycles. The van der Waals surface area contributed by atoms with E-state index in [-0.39, 0.29) is 17.2 Å². The average molecular weight is 448 g/mol. The third kappa shape index (κ3) is 4.75. The Labute approximate surface area is 193 Å². The van der Waals surface area contributed by atoms with Crippen molar-refractivity contribution in [1.82, 2.24) is 9.97 Å². The van der Waals surface area contributed by atoms with Crippen LogP contribution in [0.15, 0.2) is 42.7 Å². The van der Waals surface area contributed by atoms with Crippen LogP contribution in [0.1, 0.15) is 24.8 Å². The van der Waals surface area contributed by atoms with Gasteiger partial charge < -0.3 is 19.6 Å². The number of methoxy groups -OCH3 is 2. The van der Waals surface area contributed by atoms with Crippen molar-refractivity contribution in [2.45, 2.75) is 19.3 Å². The van der Waals surface area contributed by atoms with Crippen molar-refractivity contribution in [2.24, 2.45) is 0 Å². The van der Waals surface area contributed by atoms with Gasteiger partial charge in [-0.3, -0.25) is 0 Å². The molecule has 1 aromatic heterocycles. The Morgan fingerprint density at radius 3 is 2.67 bits per heavy atom. The Kier molecular flexibility index (Phi) is 6.73. The molecule has 1 fully saturated rings. The molecule has 1 aliphatic heterocycles. The highest BCUT2D eigenvalue weighted by Gasteiger charge is 2.42. The molecule has 4 rings (SSSR count). The number of carbonyl (C=O) groups is 1. The lowest BCUT2D eigenvalue weighted by Gasteiger charge is -2.36. The monoisotopic (exact) mass is 447 g/mol. The van der Waals surface area contributed by atoms with Crippen molar-refractivity contribution in [3.63, 3.8) is 0 Å². The Balaban J connectivity index is 1.75. The minimum atomic E-state index is -0.129. The maximum atomic E-state index is 13.0. The summed E-state index contributed by atoms with van der Waals surface area (Å²) in [6.45, 7) is 1.15. The van der Waals surface area contributed by atoms with E-state index in [0.29, 0.717) is 35.9 Å². The Morgan fingerprint density at radius 2 is 1.94 bits per heavy atom. The summed E-state index contributed by atoms with van der Waals surface area (Å²) in [4.78, 5) is 28.2. The zero-order chi connectivity index (χ0) is 23.3. The molecule has 8 nitrogen and oxygen atoms in total. The molecule has 1 amide bonds. The molecule has 170 valence electrons. The lowest BCUT2D eigenvalue weighted by molar-refractivity contribution is -1.02. The quantitative estimate of drug-likeness (QED) is 0.435.